The van der Waals surface area contributed by atoms with Gasteiger partial charge >= 0.3 is 0 Å². The van der Waals surface area contributed by atoms with Gasteiger partial charge in [-0.25, -0.2) is 13.1 Å². The molecule has 0 fully saturated rings. The van der Waals surface area contributed by atoms with E-state index in [-0.39, 0.29) is 11.4 Å². The Labute approximate surface area is 131 Å². The lowest BCUT2D eigenvalue weighted by Crippen LogP contribution is -2.24. The van der Waals surface area contributed by atoms with E-state index in [0.29, 0.717) is 5.75 Å². The maximum absolute atomic E-state index is 12.5. The molecule has 0 aliphatic rings. The number of rotatable bonds is 6. The predicted octanol–water partition coefficient (Wildman–Crippen LogP) is 2.95. The number of nitrogens with one attached hydrogen (secondary N) is 1. The van der Waals surface area contributed by atoms with Crippen LogP contribution in [0, 0.1) is 13.8 Å². The van der Waals surface area contributed by atoms with E-state index >= 15 is 0 Å². The summed E-state index contributed by atoms with van der Waals surface area (Å²) in [5.41, 5.74) is 1.77. The average molecular weight is 323 g/mol. The van der Waals surface area contributed by atoms with E-state index < -0.39 is 10.0 Å². The molecule has 22 heavy (non-hydrogen) atoms. The highest BCUT2D eigenvalue weighted by Gasteiger charge is 2.20. The van der Waals surface area contributed by atoms with Crippen LogP contribution in [0.3, 0.4) is 0 Å². The van der Waals surface area contributed by atoms with Crippen molar-refractivity contribution >= 4 is 10.0 Å². The van der Waals surface area contributed by atoms with E-state index in [2.05, 4.69) is 4.72 Å². The SMILES string of the molecule is CCc1ccc(OC)c(S(=O)(=O)NCc2cc(C)oc2C)c1. The van der Waals surface area contributed by atoms with Crippen LogP contribution in [0.4, 0.5) is 0 Å². The molecule has 2 rings (SSSR count). The zero-order chi connectivity index (χ0) is 16.3. The second kappa shape index (κ2) is 6.54. The molecule has 1 aromatic carbocycles. The highest BCUT2D eigenvalue weighted by Crippen LogP contribution is 2.25. The fourth-order valence-electron chi connectivity index (χ4n) is 2.26. The van der Waals surface area contributed by atoms with Crippen molar-refractivity contribution in [3.63, 3.8) is 0 Å². The molecule has 1 aromatic heterocycles. The lowest BCUT2D eigenvalue weighted by molar-refractivity contribution is 0.402. The van der Waals surface area contributed by atoms with Gasteiger partial charge in [-0.05, 0) is 44.0 Å². The van der Waals surface area contributed by atoms with Crippen molar-refractivity contribution in [2.24, 2.45) is 0 Å². The molecule has 0 amide bonds. The quantitative estimate of drug-likeness (QED) is 0.887. The fraction of sp³-hybridized carbons (Fsp3) is 0.375. The van der Waals surface area contributed by atoms with Crippen LogP contribution in [0.5, 0.6) is 5.75 Å². The van der Waals surface area contributed by atoms with Crippen molar-refractivity contribution in [3.05, 3.63) is 46.9 Å². The Kier molecular flexibility index (Phi) is 4.93. The van der Waals surface area contributed by atoms with Crippen LogP contribution in [0.2, 0.25) is 0 Å². The second-order valence-corrected chi connectivity index (χ2v) is 6.84. The van der Waals surface area contributed by atoms with Gasteiger partial charge in [0.15, 0.2) is 0 Å². The van der Waals surface area contributed by atoms with Crippen LogP contribution < -0.4 is 9.46 Å². The molecular formula is C16H21NO4S. The van der Waals surface area contributed by atoms with Crippen LogP contribution in [-0.4, -0.2) is 15.5 Å². The van der Waals surface area contributed by atoms with Gasteiger partial charge in [0, 0.05) is 12.1 Å². The minimum Gasteiger partial charge on any atom is -0.495 e. The van der Waals surface area contributed by atoms with Crippen molar-refractivity contribution in [3.8, 4) is 5.75 Å². The molecule has 0 spiro atoms. The van der Waals surface area contributed by atoms with Gasteiger partial charge in [0.05, 0.1) is 7.11 Å². The zero-order valence-electron chi connectivity index (χ0n) is 13.3. The van der Waals surface area contributed by atoms with Crippen molar-refractivity contribution < 1.29 is 17.6 Å². The first-order valence-corrected chi connectivity index (χ1v) is 8.58. The summed E-state index contributed by atoms with van der Waals surface area (Å²) in [4.78, 5) is 0.159. The lowest BCUT2D eigenvalue weighted by Gasteiger charge is -2.12. The molecule has 1 N–H and O–H groups in total. The summed E-state index contributed by atoms with van der Waals surface area (Å²) in [7, 11) is -2.20. The maximum atomic E-state index is 12.5. The molecule has 2 aromatic rings. The van der Waals surface area contributed by atoms with Gasteiger partial charge in [-0.3, -0.25) is 0 Å². The van der Waals surface area contributed by atoms with Crippen LogP contribution in [0.1, 0.15) is 29.6 Å². The predicted molar refractivity (Wildman–Crippen MR) is 84.6 cm³/mol. The molecule has 0 unspecified atom stereocenters. The van der Waals surface area contributed by atoms with Crippen molar-refractivity contribution in [2.45, 2.75) is 38.6 Å². The standard InChI is InChI=1S/C16H21NO4S/c1-5-13-6-7-15(20-4)16(9-13)22(18,19)17-10-14-8-11(2)21-12(14)3/h6-9,17H,5,10H2,1-4H3. The summed E-state index contributed by atoms with van der Waals surface area (Å²) in [6.45, 7) is 5.81. The van der Waals surface area contributed by atoms with E-state index in [1.165, 1.54) is 7.11 Å². The number of benzene rings is 1. The monoisotopic (exact) mass is 323 g/mol. The lowest BCUT2D eigenvalue weighted by atomic mass is 10.2. The Morgan fingerprint density at radius 3 is 2.50 bits per heavy atom. The molecule has 5 nitrogen and oxygen atoms in total. The summed E-state index contributed by atoms with van der Waals surface area (Å²) in [6, 6.07) is 7.02. The number of hydrogen-bond donors (Lipinski definition) is 1. The third-order valence-corrected chi connectivity index (χ3v) is 4.94. The van der Waals surface area contributed by atoms with Crippen LogP contribution in [-0.2, 0) is 23.0 Å². The highest BCUT2D eigenvalue weighted by molar-refractivity contribution is 7.89. The summed E-state index contributed by atoms with van der Waals surface area (Å²) in [5, 5.41) is 0. The van der Waals surface area contributed by atoms with Gasteiger partial charge in [-0.1, -0.05) is 13.0 Å². The minimum absolute atomic E-state index is 0.159. The largest absolute Gasteiger partial charge is 0.495 e. The summed E-state index contributed by atoms with van der Waals surface area (Å²) < 4.78 is 38.3. The van der Waals surface area contributed by atoms with Gasteiger partial charge in [-0.2, -0.15) is 0 Å². The van der Waals surface area contributed by atoms with Crippen LogP contribution in [0.15, 0.2) is 33.6 Å². The molecule has 0 bridgehead atoms. The summed E-state index contributed by atoms with van der Waals surface area (Å²) in [5.74, 6) is 1.82. The van der Waals surface area contributed by atoms with E-state index in [1.54, 1.807) is 12.1 Å². The normalized spacial score (nSPS) is 11.6. The van der Waals surface area contributed by atoms with E-state index in [1.807, 2.05) is 32.9 Å². The maximum Gasteiger partial charge on any atom is 0.244 e. The number of ether oxygens (including phenoxy) is 1. The Balaban J connectivity index is 2.28. The topological polar surface area (TPSA) is 68.5 Å². The van der Waals surface area contributed by atoms with Gasteiger partial charge in [-0.15, -0.1) is 0 Å². The third kappa shape index (κ3) is 3.51. The summed E-state index contributed by atoms with van der Waals surface area (Å²) in [6.07, 6.45) is 0.756. The molecule has 0 saturated carbocycles. The number of aryl methyl sites for hydroxylation is 3. The number of hydrogen-bond acceptors (Lipinski definition) is 4. The molecule has 0 aliphatic heterocycles. The van der Waals surface area contributed by atoms with Crippen molar-refractivity contribution in [1.82, 2.24) is 4.72 Å². The van der Waals surface area contributed by atoms with E-state index in [4.69, 9.17) is 9.15 Å². The molecule has 120 valence electrons. The Bertz CT molecular complexity index is 762. The zero-order valence-corrected chi connectivity index (χ0v) is 14.1. The Hall–Kier alpha value is -1.79. The minimum atomic E-state index is -3.66. The molecule has 1 heterocycles. The van der Waals surface area contributed by atoms with Crippen LogP contribution >= 0.6 is 0 Å². The van der Waals surface area contributed by atoms with Gasteiger partial charge in [0.2, 0.25) is 10.0 Å². The molecule has 0 radical (unpaired) electrons. The third-order valence-electron chi connectivity index (χ3n) is 3.52. The number of sulfonamides is 1. The number of furan rings is 1. The first kappa shape index (κ1) is 16.6. The van der Waals surface area contributed by atoms with Crippen molar-refractivity contribution in [2.75, 3.05) is 7.11 Å². The average Bonchev–Trinajstić information content (AvgIpc) is 2.82. The fourth-order valence-corrected chi connectivity index (χ4v) is 3.48. The first-order valence-electron chi connectivity index (χ1n) is 7.10. The van der Waals surface area contributed by atoms with Gasteiger partial charge < -0.3 is 9.15 Å². The second-order valence-electron chi connectivity index (χ2n) is 5.10. The summed E-state index contributed by atoms with van der Waals surface area (Å²) >= 11 is 0. The van der Waals surface area contributed by atoms with Gasteiger partial charge in [0.25, 0.3) is 0 Å². The van der Waals surface area contributed by atoms with Crippen LogP contribution in [0.25, 0.3) is 0 Å². The Morgan fingerprint density at radius 1 is 1.23 bits per heavy atom. The highest BCUT2D eigenvalue weighted by atomic mass is 32.2. The molecule has 0 aliphatic carbocycles. The molecule has 0 saturated heterocycles. The van der Waals surface area contributed by atoms with E-state index in [0.717, 1.165) is 29.1 Å². The molecule has 6 heteroatoms. The first-order chi connectivity index (χ1) is 10.4. The Morgan fingerprint density at radius 2 is 1.95 bits per heavy atom. The smallest absolute Gasteiger partial charge is 0.244 e. The van der Waals surface area contributed by atoms with Gasteiger partial charge in [0.1, 0.15) is 22.2 Å². The molecular weight excluding hydrogens is 302 g/mol. The van der Waals surface area contributed by atoms with Crippen molar-refractivity contribution in [1.29, 1.82) is 0 Å². The van der Waals surface area contributed by atoms with E-state index in [9.17, 15) is 8.42 Å². The number of methoxy groups -OCH3 is 1. The molecule has 0 atom stereocenters.